The van der Waals surface area contributed by atoms with E-state index in [0.717, 1.165) is 11.1 Å². The van der Waals surface area contributed by atoms with Crippen molar-refractivity contribution in [2.45, 2.75) is 64.3 Å². The third-order valence-electron chi connectivity index (χ3n) is 6.58. The monoisotopic (exact) mass is 449 g/mol. The van der Waals surface area contributed by atoms with Crippen LogP contribution < -0.4 is 20.3 Å². The molecule has 2 aliphatic rings. The van der Waals surface area contributed by atoms with Gasteiger partial charge in [-0.15, -0.1) is 0 Å². The fourth-order valence-electron chi connectivity index (χ4n) is 4.91. The van der Waals surface area contributed by atoms with Gasteiger partial charge in [-0.25, -0.2) is 0 Å². The molecule has 33 heavy (non-hydrogen) atoms. The average Bonchev–Trinajstić information content (AvgIpc) is 3.10. The summed E-state index contributed by atoms with van der Waals surface area (Å²) >= 11 is 0. The minimum atomic E-state index is -0.955. The number of aliphatic hydroxyl groups is 2. The van der Waals surface area contributed by atoms with Gasteiger partial charge in [0, 0.05) is 12.1 Å². The molecule has 7 nitrogen and oxygen atoms in total. The number of hydrogen-bond donors (Lipinski definition) is 2. The molecule has 3 aromatic carbocycles. The van der Waals surface area contributed by atoms with Crippen molar-refractivity contribution in [3.63, 3.8) is 0 Å². The van der Waals surface area contributed by atoms with E-state index in [1.807, 2.05) is 43.0 Å². The number of benzene rings is 2. The lowest BCUT2D eigenvalue weighted by Gasteiger charge is -2.46. The van der Waals surface area contributed by atoms with Gasteiger partial charge >= 0.3 is 0 Å². The molecular formula is C26H27NO6. The summed E-state index contributed by atoms with van der Waals surface area (Å²) in [6.07, 6.45) is -2.10. The van der Waals surface area contributed by atoms with E-state index in [9.17, 15) is 19.8 Å². The first-order valence-electron chi connectivity index (χ1n) is 11.1. The maximum Gasteiger partial charge on any atom is 0.268 e. The summed E-state index contributed by atoms with van der Waals surface area (Å²) < 4.78 is 11.7. The van der Waals surface area contributed by atoms with Gasteiger partial charge in [0.1, 0.15) is 23.7 Å². The summed E-state index contributed by atoms with van der Waals surface area (Å²) in [6.45, 7) is 7.66. The third-order valence-corrected chi connectivity index (χ3v) is 6.58. The molecule has 172 valence electrons. The number of ether oxygens (including phenoxy) is 2. The van der Waals surface area contributed by atoms with E-state index in [-0.39, 0.29) is 17.4 Å². The van der Waals surface area contributed by atoms with Crippen LogP contribution in [0.2, 0.25) is 0 Å². The Hall–Kier alpha value is -3.00. The number of rotatable bonds is 4. The van der Waals surface area contributed by atoms with E-state index in [4.69, 9.17) is 9.47 Å². The molecular weight excluding hydrogens is 422 g/mol. The van der Waals surface area contributed by atoms with E-state index in [2.05, 4.69) is 0 Å². The largest absolute Gasteiger partial charge is 0.486 e. The molecule has 0 saturated heterocycles. The molecule has 2 N–H and O–H groups in total. The molecule has 3 unspecified atom stereocenters. The Morgan fingerprint density at radius 1 is 1.06 bits per heavy atom. The van der Waals surface area contributed by atoms with Crippen LogP contribution in [-0.2, 0) is 6.54 Å². The molecule has 0 radical (unpaired) electrons. The Morgan fingerprint density at radius 2 is 1.79 bits per heavy atom. The van der Waals surface area contributed by atoms with Crippen LogP contribution in [0.25, 0.3) is 11.1 Å². The first-order valence-corrected chi connectivity index (χ1v) is 11.1. The normalized spacial score (nSPS) is 23.9. The standard InChI is InChI=1S/C26H27NO6/c1-13(2)32-23-19(21(28)22(23)29)14-9-10-18-17(11-14)20(24(30)26(3,4)33-18)27-12-15-7-5-6-8-16(15)25(27)31/h5-11,13,20,24-25,30-31H,12H2,1-4H3. The molecule has 0 saturated carbocycles. The second-order valence-corrected chi connectivity index (χ2v) is 9.62. The van der Waals surface area contributed by atoms with Gasteiger partial charge in [0.2, 0.25) is 5.43 Å². The van der Waals surface area contributed by atoms with Crippen LogP contribution in [0.5, 0.6) is 11.5 Å². The molecule has 0 fully saturated rings. The molecule has 0 aliphatic carbocycles. The van der Waals surface area contributed by atoms with Gasteiger partial charge in [0.05, 0.1) is 17.7 Å². The van der Waals surface area contributed by atoms with Crippen LogP contribution in [-0.4, -0.2) is 32.9 Å². The van der Waals surface area contributed by atoms with Gasteiger partial charge in [-0.1, -0.05) is 30.3 Å². The summed E-state index contributed by atoms with van der Waals surface area (Å²) in [4.78, 5) is 26.4. The van der Waals surface area contributed by atoms with Crippen LogP contribution in [0.15, 0.2) is 52.1 Å². The van der Waals surface area contributed by atoms with Gasteiger partial charge in [0.25, 0.3) is 5.43 Å². The first-order chi connectivity index (χ1) is 15.6. The zero-order valence-corrected chi connectivity index (χ0v) is 19.0. The Morgan fingerprint density at radius 3 is 2.48 bits per heavy atom. The number of nitrogens with zero attached hydrogens (tertiary/aromatic N) is 1. The van der Waals surface area contributed by atoms with Gasteiger partial charge in [-0.05, 0) is 56.5 Å². The van der Waals surface area contributed by atoms with Crippen molar-refractivity contribution in [3.8, 4) is 22.6 Å². The molecule has 7 heteroatoms. The molecule has 0 aromatic heterocycles. The highest BCUT2D eigenvalue weighted by Crippen LogP contribution is 2.49. The summed E-state index contributed by atoms with van der Waals surface area (Å²) in [5, 5.41) is 22.4. The summed E-state index contributed by atoms with van der Waals surface area (Å²) in [5.41, 5.74) is 1.09. The van der Waals surface area contributed by atoms with Crippen molar-refractivity contribution in [1.82, 2.24) is 4.90 Å². The molecule has 0 bridgehead atoms. The van der Waals surface area contributed by atoms with Crippen molar-refractivity contribution in [3.05, 3.63) is 79.6 Å². The van der Waals surface area contributed by atoms with Gasteiger partial charge in [-0.3, -0.25) is 14.5 Å². The number of aliphatic hydroxyl groups excluding tert-OH is 2. The van der Waals surface area contributed by atoms with Crippen LogP contribution >= 0.6 is 0 Å². The Kier molecular flexibility index (Phi) is 4.97. The van der Waals surface area contributed by atoms with Crippen molar-refractivity contribution in [1.29, 1.82) is 0 Å². The van der Waals surface area contributed by atoms with Crippen molar-refractivity contribution in [2.24, 2.45) is 0 Å². The molecule has 0 spiro atoms. The molecule has 5 rings (SSSR count). The van der Waals surface area contributed by atoms with Crippen LogP contribution in [0.4, 0.5) is 0 Å². The Balaban J connectivity index is 1.62. The smallest absolute Gasteiger partial charge is 0.268 e. The van der Waals surface area contributed by atoms with Crippen LogP contribution in [0.1, 0.15) is 56.7 Å². The lowest BCUT2D eigenvalue weighted by atomic mass is 9.84. The lowest BCUT2D eigenvalue weighted by Crippen LogP contribution is -2.53. The summed E-state index contributed by atoms with van der Waals surface area (Å²) in [6, 6.07) is 12.3. The van der Waals surface area contributed by atoms with E-state index >= 15 is 0 Å². The molecule has 3 atom stereocenters. The van der Waals surface area contributed by atoms with Crippen molar-refractivity contribution >= 4 is 0 Å². The fourth-order valence-corrected chi connectivity index (χ4v) is 4.91. The SMILES string of the molecule is CC(C)Oc1c(-c2ccc3c(c2)C(N2Cc4ccccc4C2O)C(O)C(C)(C)O3)c(=O)c1=O. The fraction of sp³-hybridized carbons (Fsp3) is 0.385. The Labute approximate surface area is 191 Å². The topological polar surface area (TPSA) is 96.3 Å². The highest BCUT2D eigenvalue weighted by molar-refractivity contribution is 5.75. The molecule has 0 amide bonds. The highest BCUT2D eigenvalue weighted by atomic mass is 16.5. The average molecular weight is 450 g/mol. The molecule has 2 aliphatic heterocycles. The van der Waals surface area contributed by atoms with E-state index in [1.165, 1.54) is 0 Å². The van der Waals surface area contributed by atoms with E-state index in [1.54, 1.807) is 32.0 Å². The van der Waals surface area contributed by atoms with Gasteiger partial charge < -0.3 is 19.7 Å². The molecule has 3 aromatic rings. The second-order valence-electron chi connectivity index (χ2n) is 9.62. The van der Waals surface area contributed by atoms with Crippen LogP contribution in [0, 0.1) is 0 Å². The second kappa shape index (κ2) is 7.52. The van der Waals surface area contributed by atoms with Gasteiger partial charge in [0.15, 0.2) is 5.75 Å². The van der Waals surface area contributed by atoms with Crippen molar-refractivity contribution in [2.75, 3.05) is 0 Å². The molecule has 2 heterocycles. The third kappa shape index (κ3) is 3.30. The predicted molar refractivity (Wildman–Crippen MR) is 123 cm³/mol. The maximum atomic E-state index is 12.4. The van der Waals surface area contributed by atoms with Crippen molar-refractivity contribution < 1.29 is 19.7 Å². The van der Waals surface area contributed by atoms with Gasteiger partial charge in [-0.2, -0.15) is 0 Å². The number of hydrogen-bond acceptors (Lipinski definition) is 7. The first kappa shape index (κ1) is 21.8. The minimum Gasteiger partial charge on any atom is -0.486 e. The lowest BCUT2D eigenvalue weighted by molar-refractivity contribution is -0.128. The quantitative estimate of drug-likeness (QED) is 0.591. The van der Waals surface area contributed by atoms with E-state index < -0.39 is 34.8 Å². The minimum absolute atomic E-state index is 0.0673. The maximum absolute atomic E-state index is 12.4. The Bertz CT molecular complexity index is 1300. The van der Waals surface area contributed by atoms with E-state index in [0.29, 0.717) is 23.4 Å². The zero-order chi connectivity index (χ0) is 23.7. The highest BCUT2D eigenvalue weighted by Gasteiger charge is 2.48. The van der Waals surface area contributed by atoms with Crippen LogP contribution in [0.3, 0.4) is 0 Å². The number of fused-ring (bicyclic) bond motifs is 2. The zero-order valence-electron chi connectivity index (χ0n) is 19.0. The summed E-state index contributed by atoms with van der Waals surface area (Å²) in [5.74, 6) is 0.630. The predicted octanol–water partition coefficient (Wildman–Crippen LogP) is 2.82. The summed E-state index contributed by atoms with van der Waals surface area (Å²) in [7, 11) is 0.